The Labute approximate surface area is 172 Å². The molecule has 0 spiro atoms. The summed E-state index contributed by atoms with van der Waals surface area (Å²) >= 11 is 0. The minimum absolute atomic E-state index is 0.162. The Bertz CT molecular complexity index is 968. The number of nitrogens with zero attached hydrogens (tertiary/aromatic N) is 2. The number of nitriles is 1. The predicted molar refractivity (Wildman–Crippen MR) is 107 cm³/mol. The number of imidazole rings is 1. The number of benzene rings is 1. The molecule has 2 aromatic rings. The molecule has 3 N–H and O–H groups in total. The van der Waals surface area contributed by atoms with Gasteiger partial charge in [0.2, 0.25) is 0 Å². The molecule has 1 aromatic heterocycles. The van der Waals surface area contributed by atoms with Crippen LogP contribution < -0.4 is 5.32 Å². The molecule has 0 radical (unpaired) electrons. The summed E-state index contributed by atoms with van der Waals surface area (Å²) in [7, 11) is 1.36. The fourth-order valence-electron chi connectivity index (χ4n) is 2.82. The lowest BCUT2D eigenvalue weighted by Crippen LogP contribution is -2.41. The summed E-state index contributed by atoms with van der Waals surface area (Å²) in [5, 5.41) is 19.2. The van der Waals surface area contributed by atoms with Gasteiger partial charge in [-0.25, -0.2) is 4.98 Å². The number of aromatic amines is 1. The number of hydrogen-bond donors (Lipinski definition) is 3. The molecule has 1 saturated carbocycles. The van der Waals surface area contributed by atoms with Crippen LogP contribution in [-0.4, -0.2) is 41.2 Å². The highest BCUT2D eigenvalue weighted by Crippen LogP contribution is 2.39. The van der Waals surface area contributed by atoms with Crippen molar-refractivity contribution in [3.8, 4) is 6.07 Å². The third kappa shape index (κ3) is 6.39. The average Bonchev–Trinajstić information content (AvgIpc) is 3.41. The lowest BCUT2D eigenvalue weighted by molar-refractivity contribution is -0.159. The van der Waals surface area contributed by atoms with E-state index in [2.05, 4.69) is 15.3 Å². The Morgan fingerprint density at radius 1 is 1.43 bits per heavy atom. The number of allylic oxidation sites excluding steroid dienone is 2. The number of halogens is 3. The Hall–Kier alpha value is -3.25. The quantitative estimate of drug-likeness (QED) is 0.486. The fourth-order valence-corrected chi connectivity index (χ4v) is 2.82. The lowest BCUT2D eigenvalue weighted by Gasteiger charge is -2.18. The molecule has 0 bridgehead atoms. The summed E-state index contributed by atoms with van der Waals surface area (Å²) < 4.78 is 35.8. The van der Waals surface area contributed by atoms with E-state index < -0.39 is 12.2 Å². The number of alkyl halides is 3. The second-order valence-electron chi connectivity index (χ2n) is 6.88. The standard InChI is InChI=1S/C15H12N4O.C6H10F3N/c1-10(15-18-8-13(9-20)19-15)5-14(17)12-4-2-3-11(6-12)7-16;1-10-5(4-2-3-4)6(7,8)9/h2-6,8-9,17H,1H3,(H,18,19);4-5,10H,2-3H2,1H3/b10-5-,17-14?;. The smallest absolute Gasteiger partial charge is 0.336 e. The molecule has 1 aromatic carbocycles. The van der Waals surface area contributed by atoms with Gasteiger partial charge in [0.05, 0.1) is 29.2 Å². The van der Waals surface area contributed by atoms with E-state index in [4.69, 9.17) is 10.7 Å². The number of rotatable bonds is 6. The minimum atomic E-state index is -4.06. The Balaban J connectivity index is 0.000000269. The van der Waals surface area contributed by atoms with Gasteiger partial charge in [0, 0.05) is 5.56 Å². The van der Waals surface area contributed by atoms with Crippen LogP contribution in [-0.2, 0) is 0 Å². The third-order valence-electron chi connectivity index (χ3n) is 4.52. The van der Waals surface area contributed by atoms with Crippen LogP contribution in [0.3, 0.4) is 0 Å². The molecule has 1 aliphatic carbocycles. The highest BCUT2D eigenvalue weighted by molar-refractivity contribution is 6.10. The first-order chi connectivity index (χ1) is 14.2. The van der Waals surface area contributed by atoms with Gasteiger partial charge in [0.15, 0.2) is 6.29 Å². The molecule has 9 heteroatoms. The first-order valence-corrected chi connectivity index (χ1v) is 9.21. The monoisotopic (exact) mass is 417 g/mol. The van der Waals surface area contributed by atoms with Gasteiger partial charge in [0.25, 0.3) is 0 Å². The predicted octanol–water partition coefficient (Wildman–Crippen LogP) is 4.11. The summed E-state index contributed by atoms with van der Waals surface area (Å²) in [5.41, 5.74) is 2.59. The maximum atomic E-state index is 11.9. The number of aldehydes is 1. The molecule has 0 aliphatic heterocycles. The molecule has 1 aliphatic rings. The van der Waals surface area contributed by atoms with Gasteiger partial charge in [-0.3, -0.25) is 4.79 Å². The molecule has 1 unspecified atom stereocenters. The Morgan fingerprint density at radius 2 is 2.13 bits per heavy atom. The summed E-state index contributed by atoms with van der Waals surface area (Å²) in [6, 6.07) is 7.63. The number of carbonyl (C=O) groups excluding carboxylic acids is 1. The number of nitrogens with one attached hydrogen (secondary N) is 3. The number of carbonyl (C=O) groups is 1. The van der Waals surface area contributed by atoms with Crippen LogP contribution >= 0.6 is 0 Å². The summed E-state index contributed by atoms with van der Waals surface area (Å²) in [6.07, 6.45) is 1.14. The van der Waals surface area contributed by atoms with Crippen LogP contribution in [0.25, 0.3) is 5.57 Å². The van der Waals surface area contributed by atoms with Crippen LogP contribution in [0, 0.1) is 22.7 Å². The molecule has 0 saturated heterocycles. The van der Waals surface area contributed by atoms with Gasteiger partial charge in [0.1, 0.15) is 11.9 Å². The van der Waals surface area contributed by atoms with Crippen molar-refractivity contribution < 1.29 is 18.0 Å². The van der Waals surface area contributed by atoms with Gasteiger partial charge in [-0.1, -0.05) is 12.1 Å². The third-order valence-corrected chi connectivity index (χ3v) is 4.52. The molecule has 1 heterocycles. The van der Waals surface area contributed by atoms with E-state index in [-0.39, 0.29) is 11.6 Å². The topological polar surface area (TPSA) is 105 Å². The van der Waals surface area contributed by atoms with Gasteiger partial charge in [-0.05, 0) is 56.5 Å². The highest BCUT2D eigenvalue weighted by Gasteiger charge is 2.47. The van der Waals surface area contributed by atoms with Gasteiger partial charge in [-0.15, -0.1) is 0 Å². The van der Waals surface area contributed by atoms with Crippen LogP contribution in [0.4, 0.5) is 13.2 Å². The maximum absolute atomic E-state index is 11.9. The molecule has 158 valence electrons. The molecule has 6 nitrogen and oxygen atoms in total. The number of aromatic nitrogens is 2. The van der Waals surface area contributed by atoms with Gasteiger partial charge in [-0.2, -0.15) is 18.4 Å². The normalized spacial score (nSPS) is 14.9. The van der Waals surface area contributed by atoms with Gasteiger partial charge < -0.3 is 15.7 Å². The largest absolute Gasteiger partial charge is 0.404 e. The van der Waals surface area contributed by atoms with Crippen molar-refractivity contribution in [1.29, 1.82) is 10.7 Å². The average molecular weight is 417 g/mol. The SMILES string of the molecule is C/C(=C/C(=N)c1cccc(C#N)c1)c1ncc(C=O)[nH]1.CNC(C1CC1)C(F)(F)F. The second-order valence-corrected chi connectivity index (χ2v) is 6.88. The van der Waals surface area contributed by atoms with Crippen molar-refractivity contribution in [2.45, 2.75) is 32.0 Å². The number of H-pyrrole nitrogens is 1. The molecule has 1 atom stereocenters. The molecule has 30 heavy (non-hydrogen) atoms. The molecular weight excluding hydrogens is 395 g/mol. The Kier molecular flexibility index (Phi) is 7.66. The van der Waals surface area contributed by atoms with E-state index in [0.717, 1.165) is 5.57 Å². The van der Waals surface area contributed by atoms with E-state index in [0.29, 0.717) is 41.8 Å². The van der Waals surface area contributed by atoms with Crippen molar-refractivity contribution in [1.82, 2.24) is 15.3 Å². The summed E-state index contributed by atoms with van der Waals surface area (Å²) in [6.45, 7) is 1.80. The second kappa shape index (κ2) is 9.98. The van der Waals surface area contributed by atoms with Crippen LogP contribution in [0.5, 0.6) is 0 Å². The molecular formula is C21H22F3N5O. The van der Waals surface area contributed by atoms with Crippen molar-refractivity contribution in [3.63, 3.8) is 0 Å². The molecule has 1 fully saturated rings. The van der Waals surface area contributed by atoms with Crippen LogP contribution in [0.15, 0.2) is 36.5 Å². The van der Waals surface area contributed by atoms with E-state index >= 15 is 0 Å². The first kappa shape index (κ1) is 23.0. The number of hydrogen-bond acceptors (Lipinski definition) is 5. The van der Waals surface area contributed by atoms with Crippen LogP contribution in [0.1, 0.15) is 47.2 Å². The van der Waals surface area contributed by atoms with Crippen molar-refractivity contribution in [3.05, 3.63) is 59.2 Å². The Morgan fingerprint density at radius 3 is 2.60 bits per heavy atom. The van der Waals surface area contributed by atoms with E-state index in [9.17, 15) is 18.0 Å². The van der Waals surface area contributed by atoms with E-state index in [1.807, 2.05) is 6.07 Å². The van der Waals surface area contributed by atoms with Crippen molar-refractivity contribution in [2.24, 2.45) is 5.92 Å². The highest BCUT2D eigenvalue weighted by atomic mass is 19.4. The first-order valence-electron chi connectivity index (χ1n) is 9.21. The van der Waals surface area contributed by atoms with Gasteiger partial charge >= 0.3 is 6.18 Å². The van der Waals surface area contributed by atoms with Crippen molar-refractivity contribution in [2.75, 3.05) is 7.05 Å². The summed E-state index contributed by atoms with van der Waals surface area (Å²) in [5.74, 6) is 0.387. The minimum Gasteiger partial charge on any atom is -0.336 e. The fraction of sp³-hybridized carbons (Fsp3) is 0.333. The van der Waals surface area contributed by atoms with Crippen LogP contribution in [0.2, 0.25) is 0 Å². The van der Waals surface area contributed by atoms with E-state index in [1.165, 1.54) is 13.2 Å². The lowest BCUT2D eigenvalue weighted by atomic mass is 10.1. The zero-order valence-electron chi connectivity index (χ0n) is 16.5. The van der Waals surface area contributed by atoms with E-state index in [1.54, 1.807) is 37.3 Å². The zero-order chi connectivity index (χ0) is 22.3. The zero-order valence-corrected chi connectivity index (χ0v) is 16.5. The maximum Gasteiger partial charge on any atom is 0.404 e. The summed E-state index contributed by atoms with van der Waals surface area (Å²) in [4.78, 5) is 17.5. The molecule has 3 rings (SSSR count). The van der Waals surface area contributed by atoms with Crippen molar-refractivity contribution >= 4 is 17.6 Å². The molecule has 0 amide bonds.